The zero-order valence-corrected chi connectivity index (χ0v) is 8.64. The van der Waals surface area contributed by atoms with Gasteiger partial charge in [-0.05, 0) is 30.7 Å². The quantitative estimate of drug-likeness (QED) is 0.711. The Kier molecular flexibility index (Phi) is 3.47. The average Bonchev–Trinajstić information content (AvgIpc) is 2.19. The summed E-state index contributed by atoms with van der Waals surface area (Å²) in [4.78, 5) is 11.2. The number of rotatable bonds is 2. The summed E-state index contributed by atoms with van der Waals surface area (Å²) in [6.07, 6.45) is 0. The standard InChI is InChI=1S/C10H10ClFO2/c1-6(10(13)14-2)8-5-7(12)3-4-9(8)11/h3-6H,1-2H3. The van der Waals surface area contributed by atoms with Crippen molar-refractivity contribution >= 4 is 17.6 Å². The van der Waals surface area contributed by atoms with Crippen LogP contribution in [0.3, 0.4) is 0 Å². The van der Waals surface area contributed by atoms with Crippen molar-refractivity contribution in [2.24, 2.45) is 0 Å². The number of benzene rings is 1. The van der Waals surface area contributed by atoms with Gasteiger partial charge in [0.1, 0.15) is 5.82 Å². The van der Waals surface area contributed by atoms with Crippen molar-refractivity contribution in [3.63, 3.8) is 0 Å². The van der Waals surface area contributed by atoms with Gasteiger partial charge in [-0.2, -0.15) is 0 Å². The molecule has 1 rings (SSSR count). The van der Waals surface area contributed by atoms with Crippen molar-refractivity contribution in [1.29, 1.82) is 0 Å². The Morgan fingerprint density at radius 2 is 2.21 bits per heavy atom. The van der Waals surface area contributed by atoms with Gasteiger partial charge in [0.25, 0.3) is 0 Å². The third-order valence-electron chi connectivity index (χ3n) is 1.98. The Bertz CT molecular complexity index is 352. The van der Waals surface area contributed by atoms with E-state index in [-0.39, 0.29) is 0 Å². The molecule has 1 aromatic carbocycles. The lowest BCUT2D eigenvalue weighted by Crippen LogP contribution is -2.11. The van der Waals surface area contributed by atoms with E-state index in [4.69, 9.17) is 11.6 Å². The first kappa shape index (κ1) is 11.0. The second kappa shape index (κ2) is 4.42. The Labute approximate surface area is 86.6 Å². The number of halogens is 2. The van der Waals surface area contributed by atoms with Crippen molar-refractivity contribution in [3.05, 3.63) is 34.6 Å². The molecule has 1 unspecified atom stereocenters. The molecule has 0 amide bonds. The summed E-state index contributed by atoms with van der Waals surface area (Å²) in [6.45, 7) is 1.62. The van der Waals surface area contributed by atoms with Crippen LogP contribution >= 0.6 is 11.6 Å². The fraction of sp³-hybridized carbons (Fsp3) is 0.300. The highest BCUT2D eigenvalue weighted by Gasteiger charge is 2.18. The van der Waals surface area contributed by atoms with Gasteiger partial charge in [0.05, 0.1) is 13.0 Å². The summed E-state index contributed by atoms with van der Waals surface area (Å²) < 4.78 is 17.4. The van der Waals surface area contributed by atoms with E-state index >= 15 is 0 Å². The summed E-state index contributed by atoms with van der Waals surface area (Å²) in [5, 5.41) is 0.365. The predicted molar refractivity (Wildman–Crippen MR) is 51.8 cm³/mol. The van der Waals surface area contributed by atoms with Crippen LogP contribution in [-0.2, 0) is 9.53 Å². The molecule has 0 heterocycles. The highest BCUT2D eigenvalue weighted by molar-refractivity contribution is 6.31. The minimum Gasteiger partial charge on any atom is -0.469 e. The topological polar surface area (TPSA) is 26.3 Å². The number of carbonyl (C=O) groups is 1. The zero-order valence-electron chi connectivity index (χ0n) is 7.88. The summed E-state index contributed by atoms with van der Waals surface area (Å²) in [5.41, 5.74) is 0.443. The lowest BCUT2D eigenvalue weighted by molar-refractivity contribution is -0.141. The molecule has 0 N–H and O–H groups in total. The van der Waals surface area contributed by atoms with E-state index in [1.807, 2.05) is 0 Å². The minimum atomic E-state index is -0.553. The van der Waals surface area contributed by atoms with Gasteiger partial charge >= 0.3 is 5.97 Å². The highest BCUT2D eigenvalue weighted by atomic mass is 35.5. The highest BCUT2D eigenvalue weighted by Crippen LogP contribution is 2.25. The monoisotopic (exact) mass is 216 g/mol. The van der Waals surface area contributed by atoms with E-state index in [0.717, 1.165) is 0 Å². The lowest BCUT2D eigenvalue weighted by atomic mass is 10.0. The smallest absolute Gasteiger partial charge is 0.312 e. The zero-order chi connectivity index (χ0) is 10.7. The molecule has 4 heteroatoms. The summed E-state index contributed by atoms with van der Waals surface area (Å²) in [5.74, 6) is -1.40. The van der Waals surface area contributed by atoms with Crippen LogP contribution in [0.5, 0.6) is 0 Å². The fourth-order valence-corrected chi connectivity index (χ4v) is 1.43. The molecule has 0 fully saturated rings. The van der Waals surface area contributed by atoms with Gasteiger partial charge in [-0.1, -0.05) is 11.6 Å². The van der Waals surface area contributed by atoms with Crippen LogP contribution in [0, 0.1) is 5.82 Å². The molecule has 0 saturated heterocycles. The number of esters is 1. The molecule has 0 aromatic heterocycles. The number of hydrogen-bond acceptors (Lipinski definition) is 2. The molecule has 0 aliphatic rings. The molecular formula is C10H10ClFO2. The normalized spacial score (nSPS) is 12.3. The summed E-state index contributed by atoms with van der Waals surface area (Å²) in [7, 11) is 1.28. The van der Waals surface area contributed by atoms with E-state index in [1.54, 1.807) is 6.92 Å². The minimum absolute atomic E-state index is 0.365. The molecular weight excluding hydrogens is 207 g/mol. The van der Waals surface area contributed by atoms with E-state index in [0.29, 0.717) is 10.6 Å². The maximum absolute atomic E-state index is 12.9. The Hall–Kier alpha value is -1.09. The van der Waals surface area contributed by atoms with Crippen LogP contribution in [0.15, 0.2) is 18.2 Å². The molecule has 0 radical (unpaired) electrons. The predicted octanol–water partition coefficient (Wildman–Crippen LogP) is 2.76. The van der Waals surface area contributed by atoms with Gasteiger partial charge < -0.3 is 4.74 Å². The van der Waals surface area contributed by atoms with E-state index in [2.05, 4.69) is 4.74 Å². The van der Waals surface area contributed by atoms with Gasteiger partial charge in [0.2, 0.25) is 0 Å². The largest absolute Gasteiger partial charge is 0.469 e. The van der Waals surface area contributed by atoms with E-state index in [9.17, 15) is 9.18 Å². The van der Waals surface area contributed by atoms with Crippen molar-refractivity contribution in [2.75, 3.05) is 7.11 Å². The number of carbonyl (C=O) groups excluding carboxylic acids is 1. The average molecular weight is 217 g/mol. The maximum Gasteiger partial charge on any atom is 0.312 e. The molecule has 0 spiro atoms. The van der Waals surface area contributed by atoms with Crippen molar-refractivity contribution in [3.8, 4) is 0 Å². The third-order valence-corrected chi connectivity index (χ3v) is 2.32. The van der Waals surface area contributed by atoms with Crippen molar-refractivity contribution in [1.82, 2.24) is 0 Å². The fourth-order valence-electron chi connectivity index (χ4n) is 1.15. The molecule has 1 aromatic rings. The van der Waals surface area contributed by atoms with Crippen molar-refractivity contribution < 1.29 is 13.9 Å². The van der Waals surface area contributed by atoms with Gasteiger partial charge in [-0.25, -0.2) is 4.39 Å². The maximum atomic E-state index is 12.9. The molecule has 1 atom stereocenters. The van der Waals surface area contributed by atoms with E-state index in [1.165, 1.54) is 25.3 Å². The second-order valence-electron chi connectivity index (χ2n) is 2.91. The van der Waals surface area contributed by atoms with Crippen LogP contribution in [-0.4, -0.2) is 13.1 Å². The molecule has 0 aliphatic carbocycles. The van der Waals surface area contributed by atoms with Gasteiger partial charge in [-0.3, -0.25) is 4.79 Å². The second-order valence-corrected chi connectivity index (χ2v) is 3.32. The molecule has 0 bridgehead atoms. The van der Waals surface area contributed by atoms with Gasteiger partial charge in [0, 0.05) is 5.02 Å². The summed E-state index contributed by atoms with van der Waals surface area (Å²) >= 11 is 5.82. The van der Waals surface area contributed by atoms with Gasteiger partial charge in [0.15, 0.2) is 0 Å². The Balaban J connectivity index is 3.05. The number of hydrogen-bond donors (Lipinski definition) is 0. The first-order valence-electron chi connectivity index (χ1n) is 4.09. The molecule has 2 nitrogen and oxygen atoms in total. The first-order chi connectivity index (χ1) is 6.56. The molecule has 0 saturated carbocycles. The van der Waals surface area contributed by atoms with Crippen molar-refractivity contribution in [2.45, 2.75) is 12.8 Å². The number of ether oxygens (including phenoxy) is 1. The van der Waals surface area contributed by atoms with Gasteiger partial charge in [-0.15, -0.1) is 0 Å². The Morgan fingerprint density at radius 1 is 1.57 bits per heavy atom. The van der Waals surface area contributed by atoms with E-state index < -0.39 is 17.7 Å². The molecule has 76 valence electrons. The SMILES string of the molecule is COC(=O)C(C)c1cc(F)ccc1Cl. The van der Waals surface area contributed by atoms with Crippen LogP contribution in [0.2, 0.25) is 5.02 Å². The van der Waals surface area contributed by atoms with Crippen LogP contribution < -0.4 is 0 Å². The number of methoxy groups -OCH3 is 1. The summed E-state index contributed by atoms with van der Waals surface area (Å²) in [6, 6.07) is 3.91. The van der Waals surface area contributed by atoms with Crippen LogP contribution in [0.25, 0.3) is 0 Å². The lowest BCUT2D eigenvalue weighted by Gasteiger charge is -2.10. The Morgan fingerprint density at radius 3 is 2.79 bits per heavy atom. The van der Waals surface area contributed by atoms with Crippen LogP contribution in [0.1, 0.15) is 18.4 Å². The van der Waals surface area contributed by atoms with Crippen LogP contribution in [0.4, 0.5) is 4.39 Å². The molecule has 14 heavy (non-hydrogen) atoms. The first-order valence-corrected chi connectivity index (χ1v) is 4.47. The third kappa shape index (κ3) is 2.23. The molecule has 0 aliphatic heterocycles.